The van der Waals surface area contributed by atoms with Crippen LogP contribution in [0.1, 0.15) is 44.6 Å². The molecule has 2 N–H and O–H groups in total. The number of benzene rings is 2. The lowest BCUT2D eigenvalue weighted by Gasteiger charge is -2.40. The number of alkyl halides is 1. The first-order valence-electron chi connectivity index (χ1n) is 12.2. The van der Waals surface area contributed by atoms with Crippen LogP contribution in [0, 0.1) is 17.0 Å². The van der Waals surface area contributed by atoms with Crippen LogP contribution >= 0.6 is 0 Å². The molecular weight excluding hydrogens is 481 g/mol. The summed E-state index contributed by atoms with van der Waals surface area (Å²) in [5.41, 5.74) is 6.92. The Balaban J connectivity index is 2.17. The lowest BCUT2D eigenvalue weighted by molar-refractivity contribution is -0.140. The van der Waals surface area contributed by atoms with Crippen LogP contribution < -0.4 is 5.73 Å². The van der Waals surface area contributed by atoms with Gasteiger partial charge in [0.05, 0.1) is 18.3 Å². The third-order valence-electron chi connectivity index (χ3n) is 6.13. The maximum Gasteiger partial charge on any atom is 0.249 e. The van der Waals surface area contributed by atoms with Crippen LogP contribution in [0.4, 0.5) is 13.2 Å². The normalized spacial score (nSPS) is 13.4. The minimum absolute atomic E-state index is 0.00163. The van der Waals surface area contributed by atoms with E-state index >= 15 is 0 Å². The quantitative estimate of drug-likeness (QED) is 0.384. The van der Waals surface area contributed by atoms with Crippen molar-refractivity contribution >= 4 is 5.91 Å². The zero-order valence-corrected chi connectivity index (χ0v) is 21.8. The average Bonchev–Trinajstić information content (AvgIpc) is 3.26. The summed E-state index contributed by atoms with van der Waals surface area (Å²) in [6.45, 7) is 5.18. The molecule has 0 radical (unpaired) electrons. The van der Waals surface area contributed by atoms with Gasteiger partial charge in [-0.2, -0.15) is 0 Å². The largest absolute Gasteiger partial charge is 0.375 e. The maximum absolute atomic E-state index is 14.7. The Hall–Kier alpha value is -3.17. The monoisotopic (exact) mass is 516 g/mol. The second-order valence-electron chi connectivity index (χ2n) is 10.2. The molecule has 3 aromatic rings. The standard InChI is InChI=1S/C28H35F3N4O2/c1-28(2,3)26(35(25(36)18-37-4)13-12-22(32)15-29)27-33-24(19-8-6-5-7-9-19)17-34(27)16-20-14-21(30)10-11-23(20)31/h5-11,14,17,22,26H,12-13,15-16,18,32H2,1-4H3/t22?,26-/m0/s1. The molecule has 6 nitrogen and oxygen atoms in total. The molecule has 37 heavy (non-hydrogen) atoms. The fourth-order valence-electron chi connectivity index (χ4n) is 4.35. The Morgan fingerprint density at radius 3 is 2.49 bits per heavy atom. The van der Waals surface area contributed by atoms with Crippen LogP contribution in [0.15, 0.2) is 54.7 Å². The molecule has 0 aliphatic rings. The summed E-state index contributed by atoms with van der Waals surface area (Å²) in [6.07, 6.45) is 2.02. The van der Waals surface area contributed by atoms with Gasteiger partial charge in [-0.3, -0.25) is 4.79 Å². The Labute approximate surface area is 216 Å². The van der Waals surface area contributed by atoms with Gasteiger partial charge in [-0.25, -0.2) is 18.2 Å². The van der Waals surface area contributed by atoms with Crippen molar-refractivity contribution in [2.45, 2.75) is 45.8 Å². The predicted octanol–water partition coefficient (Wildman–Crippen LogP) is 5.13. The highest BCUT2D eigenvalue weighted by Gasteiger charge is 2.38. The summed E-state index contributed by atoms with van der Waals surface area (Å²) >= 11 is 0. The molecule has 0 bridgehead atoms. The zero-order chi connectivity index (χ0) is 27.2. The van der Waals surface area contributed by atoms with Gasteiger partial charge in [0.15, 0.2) is 0 Å². The molecule has 200 valence electrons. The van der Waals surface area contributed by atoms with Gasteiger partial charge in [0.2, 0.25) is 5.91 Å². The molecule has 2 atom stereocenters. The number of halogens is 3. The Bertz CT molecular complexity index is 1180. The third kappa shape index (κ3) is 7.20. The van der Waals surface area contributed by atoms with Crippen LogP contribution in [-0.2, 0) is 16.1 Å². The van der Waals surface area contributed by atoms with Gasteiger partial charge in [0.25, 0.3) is 0 Å². The lowest BCUT2D eigenvalue weighted by Crippen LogP contribution is -2.45. The van der Waals surface area contributed by atoms with E-state index in [0.29, 0.717) is 11.5 Å². The Kier molecular flexibility index (Phi) is 9.50. The van der Waals surface area contributed by atoms with Gasteiger partial charge in [0.1, 0.15) is 30.7 Å². The number of hydrogen-bond acceptors (Lipinski definition) is 4. The second kappa shape index (κ2) is 12.4. The van der Waals surface area contributed by atoms with E-state index in [-0.39, 0.29) is 37.6 Å². The van der Waals surface area contributed by atoms with Crippen LogP contribution in [0.2, 0.25) is 0 Å². The fraction of sp³-hybridized carbons (Fsp3) is 0.429. The minimum atomic E-state index is -0.723. The number of carbonyl (C=O) groups excluding carboxylic acids is 1. The zero-order valence-electron chi connectivity index (χ0n) is 21.8. The molecule has 9 heteroatoms. The molecule has 1 unspecified atom stereocenters. The fourth-order valence-corrected chi connectivity index (χ4v) is 4.35. The van der Waals surface area contributed by atoms with Crippen molar-refractivity contribution < 1.29 is 22.7 Å². The minimum Gasteiger partial charge on any atom is -0.375 e. The number of rotatable bonds is 11. The summed E-state index contributed by atoms with van der Waals surface area (Å²) in [7, 11) is 1.43. The van der Waals surface area contributed by atoms with Gasteiger partial charge in [0, 0.05) is 37.0 Å². The molecule has 1 heterocycles. The van der Waals surface area contributed by atoms with Crippen molar-refractivity contribution in [3.8, 4) is 11.3 Å². The first kappa shape index (κ1) is 28.4. The molecule has 1 aromatic heterocycles. The topological polar surface area (TPSA) is 73.4 Å². The first-order valence-corrected chi connectivity index (χ1v) is 12.2. The number of nitrogens with zero attached hydrogens (tertiary/aromatic N) is 3. The van der Waals surface area contributed by atoms with Gasteiger partial charge in [-0.05, 0) is 30.0 Å². The number of amides is 1. The van der Waals surface area contributed by atoms with E-state index in [1.807, 2.05) is 51.1 Å². The highest BCUT2D eigenvalue weighted by Crippen LogP contribution is 2.39. The van der Waals surface area contributed by atoms with Crippen molar-refractivity contribution in [3.05, 3.63) is 77.8 Å². The molecule has 1 amide bonds. The van der Waals surface area contributed by atoms with Crippen LogP contribution in [0.5, 0.6) is 0 Å². The van der Waals surface area contributed by atoms with Gasteiger partial charge in [-0.15, -0.1) is 0 Å². The first-order chi connectivity index (χ1) is 17.5. The highest BCUT2D eigenvalue weighted by atomic mass is 19.1. The Morgan fingerprint density at radius 2 is 1.86 bits per heavy atom. The van der Waals surface area contributed by atoms with Gasteiger partial charge >= 0.3 is 0 Å². The van der Waals surface area contributed by atoms with Crippen LogP contribution in [0.3, 0.4) is 0 Å². The summed E-state index contributed by atoms with van der Waals surface area (Å²) in [5.74, 6) is -0.906. The summed E-state index contributed by atoms with van der Waals surface area (Å²) in [5, 5.41) is 0. The van der Waals surface area contributed by atoms with Crippen LogP contribution in [-0.4, -0.2) is 53.3 Å². The maximum atomic E-state index is 14.7. The van der Waals surface area contributed by atoms with E-state index in [1.54, 1.807) is 15.7 Å². The summed E-state index contributed by atoms with van der Waals surface area (Å²) in [4.78, 5) is 19.8. The number of imidazole rings is 1. The molecular formula is C28H35F3N4O2. The highest BCUT2D eigenvalue weighted by molar-refractivity contribution is 5.78. The number of hydrogen-bond donors (Lipinski definition) is 1. The lowest BCUT2D eigenvalue weighted by atomic mass is 9.84. The molecule has 0 fully saturated rings. The number of methoxy groups -OCH3 is 1. The molecule has 0 spiro atoms. The second-order valence-corrected chi connectivity index (χ2v) is 10.2. The predicted molar refractivity (Wildman–Crippen MR) is 137 cm³/mol. The molecule has 0 aliphatic carbocycles. The number of carbonyl (C=O) groups is 1. The van der Waals surface area contributed by atoms with Crippen molar-refractivity contribution in [1.29, 1.82) is 0 Å². The van der Waals surface area contributed by atoms with E-state index in [4.69, 9.17) is 15.5 Å². The molecule has 3 rings (SSSR count). The number of ether oxygens (including phenoxy) is 1. The Morgan fingerprint density at radius 1 is 1.16 bits per heavy atom. The van der Waals surface area contributed by atoms with E-state index in [2.05, 4.69) is 0 Å². The molecule has 2 aromatic carbocycles. The van der Waals surface area contributed by atoms with E-state index < -0.39 is 35.8 Å². The van der Waals surface area contributed by atoms with E-state index in [0.717, 1.165) is 23.8 Å². The third-order valence-corrected chi connectivity index (χ3v) is 6.13. The number of aromatic nitrogens is 2. The SMILES string of the molecule is COCC(=O)N(CCC(N)CF)[C@@H](c1nc(-c2ccccc2)cn1Cc1cc(F)ccc1F)C(C)(C)C. The summed E-state index contributed by atoms with van der Waals surface area (Å²) < 4.78 is 48.7. The van der Waals surface area contributed by atoms with E-state index in [1.165, 1.54) is 7.11 Å². The smallest absolute Gasteiger partial charge is 0.249 e. The van der Waals surface area contributed by atoms with Gasteiger partial charge in [-0.1, -0.05) is 51.1 Å². The van der Waals surface area contributed by atoms with Crippen molar-refractivity contribution in [2.24, 2.45) is 11.1 Å². The molecule has 0 saturated heterocycles. The van der Waals surface area contributed by atoms with Crippen molar-refractivity contribution in [2.75, 3.05) is 26.9 Å². The van der Waals surface area contributed by atoms with Crippen molar-refractivity contribution in [1.82, 2.24) is 14.5 Å². The van der Waals surface area contributed by atoms with E-state index in [9.17, 15) is 18.0 Å². The molecule has 0 aliphatic heterocycles. The average molecular weight is 517 g/mol. The van der Waals surface area contributed by atoms with Gasteiger partial charge < -0.3 is 19.9 Å². The molecule has 0 saturated carbocycles. The van der Waals surface area contributed by atoms with Crippen molar-refractivity contribution in [3.63, 3.8) is 0 Å². The van der Waals surface area contributed by atoms with Crippen LogP contribution in [0.25, 0.3) is 11.3 Å². The number of nitrogens with two attached hydrogens (primary N) is 1. The summed E-state index contributed by atoms with van der Waals surface area (Å²) in [6, 6.07) is 11.5.